The second-order valence-corrected chi connectivity index (χ2v) is 11.4. The summed E-state index contributed by atoms with van der Waals surface area (Å²) in [6.45, 7) is 9.75. The van der Waals surface area contributed by atoms with Crippen LogP contribution in [0.3, 0.4) is 0 Å². The number of fused-ring (bicyclic) bond motifs is 1. The number of rotatable bonds is 7. The second kappa shape index (κ2) is 9.97. The lowest BCUT2D eigenvalue weighted by Gasteiger charge is -2.41. The van der Waals surface area contributed by atoms with Gasteiger partial charge in [-0.25, -0.2) is 8.42 Å². The van der Waals surface area contributed by atoms with E-state index in [0.29, 0.717) is 23.2 Å². The van der Waals surface area contributed by atoms with E-state index >= 15 is 0 Å². The average molecular weight is 507 g/mol. The van der Waals surface area contributed by atoms with E-state index in [1.807, 2.05) is 44.2 Å². The van der Waals surface area contributed by atoms with Crippen LogP contribution in [-0.2, 0) is 10.0 Å². The average Bonchev–Trinajstić information content (AvgIpc) is 2.83. The molecule has 6 nitrogen and oxygen atoms in total. The summed E-state index contributed by atoms with van der Waals surface area (Å²) >= 11 is 0. The molecular weight excluding hydrogens is 472 g/mol. The van der Waals surface area contributed by atoms with Crippen LogP contribution < -0.4 is 14.8 Å². The first-order chi connectivity index (χ1) is 17.1. The van der Waals surface area contributed by atoms with Gasteiger partial charge in [-0.3, -0.25) is 9.52 Å². The van der Waals surface area contributed by atoms with Crippen molar-refractivity contribution in [1.29, 1.82) is 0 Å². The zero-order valence-electron chi connectivity index (χ0n) is 21.5. The first-order valence-corrected chi connectivity index (χ1v) is 13.8. The van der Waals surface area contributed by atoms with Gasteiger partial charge in [-0.1, -0.05) is 44.2 Å². The lowest BCUT2D eigenvalue weighted by atomic mass is 9.83. The van der Waals surface area contributed by atoms with Crippen LogP contribution in [0.4, 0.5) is 5.69 Å². The number of hydrogen-bond acceptors (Lipinski definition) is 4. The Bertz CT molecular complexity index is 1370. The molecule has 1 heterocycles. The summed E-state index contributed by atoms with van der Waals surface area (Å²) in [4.78, 5) is 13.5. The molecule has 0 fully saturated rings. The molecule has 3 aromatic carbocycles. The number of aryl methyl sites for hydroxylation is 3. The van der Waals surface area contributed by atoms with Gasteiger partial charge in [-0.15, -0.1) is 0 Å². The van der Waals surface area contributed by atoms with E-state index in [4.69, 9.17) is 4.74 Å². The predicted molar refractivity (Wildman–Crippen MR) is 143 cm³/mol. The molecule has 1 atom stereocenters. The van der Waals surface area contributed by atoms with Gasteiger partial charge in [0.15, 0.2) is 0 Å². The normalized spacial score (nSPS) is 16.5. The number of ether oxygens (including phenoxy) is 1. The van der Waals surface area contributed by atoms with Crippen molar-refractivity contribution in [3.8, 4) is 5.75 Å². The topological polar surface area (TPSA) is 84.5 Å². The van der Waals surface area contributed by atoms with Crippen molar-refractivity contribution in [3.63, 3.8) is 0 Å². The van der Waals surface area contributed by atoms with Crippen LogP contribution in [0.5, 0.6) is 5.75 Å². The van der Waals surface area contributed by atoms with Crippen molar-refractivity contribution in [1.82, 2.24) is 5.32 Å². The smallest absolute Gasteiger partial charge is 0.262 e. The zero-order valence-corrected chi connectivity index (χ0v) is 22.3. The summed E-state index contributed by atoms with van der Waals surface area (Å²) in [5.74, 6) is 0.461. The third kappa shape index (κ3) is 5.26. The van der Waals surface area contributed by atoms with Crippen LogP contribution in [0.15, 0.2) is 65.6 Å². The van der Waals surface area contributed by atoms with Gasteiger partial charge in [0, 0.05) is 23.2 Å². The maximum atomic E-state index is 13.4. The molecule has 0 unspecified atom stereocenters. The van der Waals surface area contributed by atoms with Crippen molar-refractivity contribution < 1.29 is 17.9 Å². The van der Waals surface area contributed by atoms with E-state index < -0.39 is 10.0 Å². The Morgan fingerprint density at radius 1 is 0.972 bits per heavy atom. The van der Waals surface area contributed by atoms with Crippen LogP contribution in [0.2, 0.25) is 0 Å². The SMILES string of the molecule is CCC1(CC)C[C@H](NC(=O)c2ccc(C)c(S(=O)(=O)Nc3cc(C)cc(C)c3)c2)c2ccccc2O1. The maximum absolute atomic E-state index is 13.4. The van der Waals surface area contributed by atoms with Gasteiger partial charge in [-0.2, -0.15) is 0 Å². The van der Waals surface area contributed by atoms with E-state index in [1.54, 1.807) is 31.2 Å². The minimum absolute atomic E-state index is 0.0816. The molecule has 190 valence electrons. The molecule has 0 aromatic heterocycles. The molecule has 1 aliphatic heterocycles. The molecule has 0 saturated carbocycles. The fraction of sp³-hybridized carbons (Fsp3) is 0.345. The van der Waals surface area contributed by atoms with Crippen LogP contribution in [0, 0.1) is 20.8 Å². The summed E-state index contributed by atoms with van der Waals surface area (Å²) in [6, 6.07) is 17.9. The lowest BCUT2D eigenvalue weighted by Crippen LogP contribution is -2.44. The fourth-order valence-electron chi connectivity index (χ4n) is 4.95. The first kappa shape index (κ1) is 25.8. The van der Waals surface area contributed by atoms with Crippen LogP contribution in [0.1, 0.15) is 71.8 Å². The highest BCUT2D eigenvalue weighted by Crippen LogP contribution is 2.42. The second-order valence-electron chi connectivity index (χ2n) is 9.72. The van der Waals surface area contributed by atoms with Crippen molar-refractivity contribution >= 4 is 21.6 Å². The molecule has 3 aromatic rings. The van der Waals surface area contributed by atoms with Crippen molar-refractivity contribution in [2.45, 2.75) is 70.4 Å². The van der Waals surface area contributed by atoms with E-state index in [2.05, 4.69) is 23.9 Å². The lowest BCUT2D eigenvalue weighted by molar-refractivity contribution is 0.0227. The van der Waals surface area contributed by atoms with E-state index in [9.17, 15) is 13.2 Å². The Hall–Kier alpha value is -3.32. The Balaban J connectivity index is 1.62. The minimum atomic E-state index is -3.89. The number of amides is 1. The monoisotopic (exact) mass is 506 g/mol. The van der Waals surface area contributed by atoms with Gasteiger partial charge >= 0.3 is 0 Å². The Labute approximate surface area is 214 Å². The summed E-state index contributed by atoms with van der Waals surface area (Å²) in [5.41, 5.74) is 3.86. The number of carbonyl (C=O) groups is 1. The molecule has 1 amide bonds. The number of sulfonamides is 1. The summed E-state index contributed by atoms with van der Waals surface area (Å²) < 4.78 is 35.6. The molecule has 1 aliphatic rings. The summed E-state index contributed by atoms with van der Waals surface area (Å²) in [7, 11) is -3.89. The van der Waals surface area contributed by atoms with Gasteiger partial charge in [0.25, 0.3) is 15.9 Å². The van der Waals surface area contributed by atoms with Crippen LogP contribution >= 0.6 is 0 Å². The molecule has 7 heteroatoms. The van der Waals surface area contributed by atoms with Crippen molar-refractivity contribution in [2.75, 3.05) is 4.72 Å². The quantitative estimate of drug-likeness (QED) is 0.398. The standard InChI is InChI=1S/C29H34N2O4S/c1-6-29(7-2)18-25(24-10-8-9-11-26(24)35-29)30-28(32)22-13-12-21(5)27(17-22)36(33,34)31-23-15-19(3)14-20(4)16-23/h8-17,25,31H,6-7,18H2,1-5H3,(H,30,32)/t25-/m0/s1. The molecule has 0 aliphatic carbocycles. The molecule has 0 saturated heterocycles. The van der Waals surface area contributed by atoms with E-state index in [0.717, 1.165) is 35.3 Å². The third-order valence-electron chi connectivity index (χ3n) is 7.00. The number of carbonyl (C=O) groups excluding carboxylic acids is 1. The minimum Gasteiger partial charge on any atom is -0.487 e. The van der Waals surface area contributed by atoms with Crippen LogP contribution in [-0.4, -0.2) is 19.9 Å². The Morgan fingerprint density at radius 2 is 1.64 bits per heavy atom. The highest BCUT2D eigenvalue weighted by Gasteiger charge is 2.39. The van der Waals surface area contributed by atoms with Gasteiger partial charge in [0.2, 0.25) is 0 Å². The highest BCUT2D eigenvalue weighted by atomic mass is 32.2. The molecule has 0 spiro atoms. The fourth-order valence-corrected chi connectivity index (χ4v) is 6.26. The molecule has 0 radical (unpaired) electrons. The van der Waals surface area contributed by atoms with Crippen molar-refractivity contribution in [2.24, 2.45) is 0 Å². The number of anilines is 1. The van der Waals surface area contributed by atoms with Gasteiger partial charge < -0.3 is 10.1 Å². The molecule has 36 heavy (non-hydrogen) atoms. The van der Waals surface area contributed by atoms with Crippen molar-refractivity contribution in [3.05, 3.63) is 88.5 Å². The Morgan fingerprint density at radius 3 is 2.31 bits per heavy atom. The highest BCUT2D eigenvalue weighted by molar-refractivity contribution is 7.92. The molecule has 0 bridgehead atoms. The zero-order chi connectivity index (χ0) is 26.1. The third-order valence-corrected chi connectivity index (χ3v) is 8.53. The first-order valence-electron chi connectivity index (χ1n) is 12.4. The number of para-hydroxylation sites is 1. The number of benzene rings is 3. The summed E-state index contributed by atoms with van der Waals surface area (Å²) in [6.07, 6.45) is 2.29. The van der Waals surface area contributed by atoms with E-state index in [1.165, 1.54) is 6.07 Å². The summed E-state index contributed by atoms with van der Waals surface area (Å²) in [5, 5.41) is 3.14. The Kier molecular flexibility index (Phi) is 7.14. The molecule has 2 N–H and O–H groups in total. The van der Waals surface area contributed by atoms with Gasteiger partial charge in [-0.05, 0) is 80.6 Å². The van der Waals surface area contributed by atoms with Gasteiger partial charge in [0.05, 0.1) is 10.9 Å². The predicted octanol–water partition coefficient (Wildman–Crippen LogP) is 6.23. The van der Waals surface area contributed by atoms with Crippen LogP contribution in [0.25, 0.3) is 0 Å². The number of hydrogen-bond donors (Lipinski definition) is 2. The number of nitrogens with one attached hydrogen (secondary N) is 2. The van der Waals surface area contributed by atoms with E-state index in [-0.39, 0.29) is 22.4 Å². The largest absolute Gasteiger partial charge is 0.487 e. The molecular formula is C29H34N2O4S. The molecule has 4 rings (SSSR count). The maximum Gasteiger partial charge on any atom is 0.262 e. The van der Waals surface area contributed by atoms with Gasteiger partial charge in [0.1, 0.15) is 11.4 Å².